The lowest BCUT2D eigenvalue weighted by atomic mass is 10.1. The van der Waals surface area contributed by atoms with Crippen LogP contribution >= 0.6 is 11.3 Å². The first kappa shape index (κ1) is 15.5. The fourth-order valence-electron chi connectivity index (χ4n) is 2.09. The molecule has 1 aliphatic heterocycles. The Morgan fingerprint density at radius 2 is 2.10 bits per heavy atom. The fraction of sp³-hybridized carbons (Fsp3) is 0.600. The molecule has 0 saturated carbocycles. The molecule has 1 aliphatic rings. The first-order chi connectivity index (χ1) is 9.33. The molecule has 0 spiro atoms. The predicted molar refractivity (Wildman–Crippen MR) is 79.4 cm³/mol. The molecule has 3 N–H and O–H groups in total. The first-order valence-electron chi connectivity index (χ1n) is 6.76. The van der Waals surface area contributed by atoms with E-state index in [0.29, 0.717) is 13.0 Å². The summed E-state index contributed by atoms with van der Waals surface area (Å²) >= 11 is 1.60. The second-order valence-electron chi connectivity index (χ2n) is 5.73. The van der Waals surface area contributed by atoms with E-state index < -0.39 is 17.8 Å². The lowest BCUT2D eigenvalue weighted by Crippen LogP contribution is -2.45. The van der Waals surface area contributed by atoms with Gasteiger partial charge in [0.1, 0.15) is 5.60 Å². The van der Waals surface area contributed by atoms with E-state index in [0.717, 1.165) is 18.0 Å². The Labute approximate surface area is 123 Å². The molecule has 2 atom stereocenters. The monoisotopic (exact) mass is 295 g/mol. The van der Waals surface area contributed by atoms with Gasteiger partial charge in [0.2, 0.25) is 0 Å². The molecule has 1 fully saturated rings. The van der Waals surface area contributed by atoms with Crippen molar-refractivity contribution in [2.45, 2.75) is 44.6 Å². The van der Waals surface area contributed by atoms with Gasteiger partial charge in [-0.05, 0) is 32.4 Å². The number of aliphatic hydroxyl groups excluding tert-OH is 2. The highest BCUT2D eigenvalue weighted by atomic mass is 32.1. The SMILES string of the molecule is CC(C)(O)C#Cc1ccc(CN2CC[C@H](O)[C@@H](O)C2)s1. The van der Waals surface area contributed by atoms with Crippen molar-refractivity contribution in [3.8, 4) is 11.8 Å². The molecular formula is C15H21NO3S. The zero-order valence-electron chi connectivity index (χ0n) is 11.8. The average Bonchev–Trinajstić information content (AvgIpc) is 2.78. The molecular weight excluding hydrogens is 274 g/mol. The van der Waals surface area contributed by atoms with E-state index in [1.165, 1.54) is 4.88 Å². The topological polar surface area (TPSA) is 63.9 Å². The molecule has 110 valence electrons. The van der Waals surface area contributed by atoms with Crippen LogP contribution in [0.1, 0.15) is 30.0 Å². The molecule has 1 aromatic rings. The van der Waals surface area contributed by atoms with Crippen molar-refractivity contribution < 1.29 is 15.3 Å². The second-order valence-corrected chi connectivity index (χ2v) is 6.90. The molecule has 0 bridgehead atoms. The molecule has 0 aliphatic carbocycles. The minimum Gasteiger partial charge on any atom is -0.390 e. The molecule has 2 rings (SSSR count). The van der Waals surface area contributed by atoms with Gasteiger partial charge in [0.05, 0.1) is 17.1 Å². The maximum absolute atomic E-state index is 9.67. The van der Waals surface area contributed by atoms with Crippen LogP contribution in [0.5, 0.6) is 0 Å². The number of β-amino-alcohol motifs (C(OH)–C–C–N with tert-alkyl or cyclic N) is 1. The highest BCUT2D eigenvalue weighted by Crippen LogP contribution is 2.20. The minimum atomic E-state index is -0.975. The maximum atomic E-state index is 9.67. The Bertz CT molecular complexity index is 509. The van der Waals surface area contributed by atoms with Crippen LogP contribution in [-0.4, -0.2) is 51.1 Å². The quantitative estimate of drug-likeness (QED) is 0.706. The van der Waals surface area contributed by atoms with Gasteiger partial charge in [-0.3, -0.25) is 4.90 Å². The summed E-state index contributed by atoms with van der Waals surface area (Å²) in [6.45, 7) is 5.38. The summed E-state index contributed by atoms with van der Waals surface area (Å²) < 4.78 is 0. The zero-order chi connectivity index (χ0) is 14.8. The van der Waals surface area contributed by atoms with E-state index in [1.54, 1.807) is 25.2 Å². The zero-order valence-corrected chi connectivity index (χ0v) is 12.7. The van der Waals surface area contributed by atoms with Gasteiger partial charge in [0, 0.05) is 24.5 Å². The van der Waals surface area contributed by atoms with Crippen LogP contribution in [0.3, 0.4) is 0 Å². The van der Waals surface area contributed by atoms with Crippen molar-refractivity contribution in [2.75, 3.05) is 13.1 Å². The molecule has 5 heteroatoms. The van der Waals surface area contributed by atoms with E-state index in [2.05, 4.69) is 16.7 Å². The van der Waals surface area contributed by atoms with Gasteiger partial charge in [-0.25, -0.2) is 0 Å². The van der Waals surface area contributed by atoms with E-state index in [1.807, 2.05) is 12.1 Å². The summed E-state index contributed by atoms with van der Waals surface area (Å²) in [7, 11) is 0. The van der Waals surface area contributed by atoms with Crippen LogP contribution in [0.15, 0.2) is 12.1 Å². The van der Waals surface area contributed by atoms with Gasteiger partial charge in [0.25, 0.3) is 0 Å². The van der Waals surface area contributed by atoms with Crippen molar-refractivity contribution in [2.24, 2.45) is 0 Å². The third-order valence-electron chi connectivity index (χ3n) is 3.16. The molecule has 20 heavy (non-hydrogen) atoms. The van der Waals surface area contributed by atoms with Crippen LogP contribution in [0.2, 0.25) is 0 Å². The summed E-state index contributed by atoms with van der Waals surface area (Å²) in [5, 5.41) is 28.7. The molecule has 0 unspecified atom stereocenters. The number of aliphatic hydroxyl groups is 3. The van der Waals surface area contributed by atoms with Crippen LogP contribution < -0.4 is 0 Å². The number of rotatable bonds is 2. The Kier molecular flexibility index (Phi) is 4.84. The number of nitrogens with zero attached hydrogens (tertiary/aromatic N) is 1. The smallest absolute Gasteiger partial charge is 0.120 e. The van der Waals surface area contributed by atoms with Gasteiger partial charge in [-0.2, -0.15) is 0 Å². The molecule has 0 amide bonds. The normalized spacial score (nSPS) is 24.2. The molecule has 0 aromatic carbocycles. The van der Waals surface area contributed by atoms with Gasteiger partial charge in [-0.1, -0.05) is 11.8 Å². The number of hydrogen-bond donors (Lipinski definition) is 3. The number of likely N-dealkylation sites (tertiary alicyclic amines) is 1. The number of thiophene rings is 1. The van der Waals surface area contributed by atoms with E-state index in [-0.39, 0.29) is 0 Å². The van der Waals surface area contributed by atoms with Crippen molar-refractivity contribution in [1.82, 2.24) is 4.90 Å². The van der Waals surface area contributed by atoms with Crippen LogP contribution in [0, 0.1) is 11.8 Å². The van der Waals surface area contributed by atoms with Gasteiger partial charge in [-0.15, -0.1) is 11.3 Å². The summed E-state index contributed by atoms with van der Waals surface area (Å²) in [5.74, 6) is 5.77. The lowest BCUT2D eigenvalue weighted by molar-refractivity contribution is -0.0401. The third kappa shape index (κ3) is 4.58. The summed E-state index contributed by atoms with van der Waals surface area (Å²) in [5.41, 5.74) is -0.975. The van der Waals surface area contributed by atoms with Gasteiger partial charge in [0.15, 0.2) is 0 Å². The fourth-order valence-corrected chi connectivity index (χ4v) is 3.00. The van der Waals surface area contributed by atoms with E-state index >= 15 is 0 Å². The maximum Gasteiger partial charge on any atom is 0.120 e. The predicted octanol–water partition coefficient (Wildman–Crippen LogP) is 0.798. The highest BCUT2D eigenvalue weighted by Gasteiger charge is 2.25. The van der Waals surface area contributed by atoms with Gasteiger partial charge < -0.3 is 15.3 Å². The Hall–Kier alpha value is -0.900. The summed E-state index contributed by atoms with van der Waals surface area (Å²) in [6, 6.07) is 3.98. The molecule has 1 saturated heterocycles. The summed E-state index contributed by atoms with van der Waals surface area (Å²) in [4.78, 5) is 4.24. The Balaban J connectivity index is 1.94. The number of piperidine rings is 1. The Morgan fingerprint density at radius 1 is 1.35 bits per heavy atom. The van der Waals surface area contributed by atoms with Crippen molar-refractivity contribution in [3.05, 3.63) is 21.9 Å². The van der Waals surface area contributed by atoms with Crippen molar-refractivity contribution in [3.63, 3.8) is 0 Å². The lowest BCUT2D eigenvalue weighted by Gasteiger charge is -2.32. The first-order valence-corrected chi connectivity index (χ1v) is 7.58. The second kappa shape index (κ2) is 6.25. The van der Waals surface area contributed by atoms with Crippen molar-refractivity contribution >= 4 is 11.3 Å². The third-order valence-corrected chi connectivity index (χ3v) is 4.15. The molecule has 2 heterocycles. The van der Waals surface area contributed by atoms with Gasteiger partial charge >= 0.3 is 0 Å². The highest BCUT2D eigenvalue weighted by molar-refractivity contribution is 7.12. The summed E-state index contributed by atoms with van der Waals surface area (Å²) in [6.07, 6.45) is -0.640. The molecule has 4 nitrogen and oxygen atoms in total. The Morgan fingerprint density at radius 3 is 2.75 bits per heavy atom. The van der Waals surface area contributed by atoms with E-state index in [9.17, 15) is 15.3 Å². The van der Waals surface area contributed by atoms with Crippen LogP contribution in [0.25, 0.3) is 0 Å². The van der Waals surface area contributed by atoms with Crippen LogP contribution in [-0.2, 0) is 6.54 Å². The van der Waals surface area contributed by atoms with E-state index in [4.69, 9.17) is 0 Å². The largest absolute Gasteiger partial charge is 0.390 e. The molecule has 1 aromatic heterocycles. The number of hydrogen-bond acceptors (Lipinski definition) is 5. The molecule has 0 radical (unpaired) electrons. The minimum absolute atomic E-state index is 0.504. The average molecular weight is 295 g/mol. The van der Waals surface area contributed by atoms with Crippen molar-refractivity contribution in [1.29, 1.82) is 0 Å². The standard InChI is InChI=1S/C15H21NO3S/c1-15(2,19)7-5-11-3-4-12(20-11)9-16-8-6-13(17)14(18)10-16/h3-4,13-14,17-19H,6,8-10H2,1-2H3/t13-,14-/m0/s1. The van der Waals surface area contributed by atoms with Crippen LogP contribution in [0.4, 0.5) is 0 Å².